The van der Waals surface area contributed by atoms with E-state index in [2.05, 4.69) is 21.0 Å². The number of amides is 1. The molecule has 7 heteroatoms. The molecule has 0 bridgehead atoms. The summed E-state index contributed by atoms with van der Waals surface area (Å²) < 4.78 is 4.68. The number of carbonyl (C=O) groups is 2. The molecule has 1 atom stereocenters. The summed E-state index contributed by atoms with van der Waals surface area (Å²) in [6.45, 7) is 2.21. The van der Waals surface area contributed by atoms with Gasteiger partial charge < -0.3 is 15.0 Å². The Morgan fingerprint density at radius 3 is 3.00 bits per heavy atom. The van der Waals surface area contributed by atoms with E-state index in [1.807, 2.05) is 0 Å². The number of esters is 1. The van der Waals surface area contributed by atoms with Gasteiger partial charge in [-0.1, -0.05) is 11.6 Å². The summed E-state index contributed by atoms with van der Waals surface area (Å²) in [5.74, 6) is -0.765. The van der Waals surface area contributed by atoms with Crippen LogP contribution in [0.3, 0.4) is 0 Å². The van der Waals surface area contributed by atoms with Gasteiger partial charge in [-0.15, -0.1) is 0 Å². The van der Waals surface area contributed by atoms with Gasteiger partial charge in [-0.05, 0) is 37.6 Å². The van der Waals surface area contributed by atoms with E-state index in [-0.39, 0.29) is 11.8 Å². The number of likely N-dealkylation sites (tertiary alicyclic amines) is 1. The third kappa shape index (κ3) is 4.70. The molecule has 6 nitrogen and oxygen atoms in total. The van der Waals surface area contributed by atoms with Crippen molar-refractivity contribution in [1.82, 2.24) is 4.90 Å². The summed E-state index contributed by atoms with van der Waals surface area (Å²) in [6, 6.07) is 6.75. The van der Waals surface area contributed by atoms with Gasteiger partial charge in [0.15, 0.2) is 0 Å². The third-order valence-corrected chi connectivity index (χ3v) is 4.39. The maximum Gasteiger partial charge on any atom is 0.337 e. The molecule has 1 aromatic carbocycles. The second kappa shape index (κ2) is 8.67. The Hall–Kier alpha value is -2.10. The number of hydrogen-bond acceptors (Lipinski definition) is 5. The van der Waals surface area contributed by atoms with Gasteiger partial charge in [-0.2, -0.15) is 5.26 Å². The zero-order chi connectivity index (χ0) is 17.5. The number of halogens is 1. The average molecular weight is 350 g/mol. The first-order valence-corrected chi connectivity index (χ1v) is 8.21. The highest BCUT2D eigenvalue weighted by Crippen LogP contribution is 2.25. The van der Waals surface area contributed by atoms with Crippen molar-refractivity contribution in [3.63, 3.8) is 0 Å². The smallest absolute Gasteiger partial charge is 0.337 e. The number of rotatable bonds is 5. The lowest BCUT2D eigenvalue weighted by Gasteiger charge is -2.31. The molecule has 0 saturated carbocycles. The minimum Gasteiger partial charge on any atom is -0.465 e. The number of methoxy groups -OCH3 is 1. The van der Waals surface area contributed by atoms with Gasteiger partial charge in [0, 0.05) is 19.5 Å². The van der Waals surface area contributed by atoms with Gasteiger partial charge in [0.05, 0.1) is 35.4 Å². The van der Waals surface area contributed by atoms with Crippen molar-refractivity contribution in [3.8, 4) is 6.07 Å². The molecule has 2 rings (SSSR count). The number of ether oxygens (including phenoxy) is 1. The van der Waals surface area contributed by atoms with Gasteiger partial charge in [0.25, 0.3) is 0 Å². The Balaban J connectivity index is 2.03. The highest BCUT2D eigenvalue weighted by atomic mass is 35.5. The molecule has 1 aliphatic rings. The molecular formula is C17H20ClN3O3. The standard InChI is InChI=1S/C17H20ClN3O3/c1-24-17(23)12-5-6-14(18)15(10-12)20-16(22)13-4-2-8-21(11-13)9-3-7-19/h5-6,10,13H,2-4,8-9,11H2,1H3,(H,20,22). The molecule has 128 valence electrons. The van der Waals surface area contributed by atoms with E-state index < -0.39 is 5.97 Å². The van der Waals surface area contributed by atoms with Crippen LogP contribution in [0.1, 0.15) is 29.6 Å². The predicted octanol–water partition coefficient (Wildman–Crippen LogP) is 2.69. The van der Waals surface area contributed by atoms with Crippen LogP contribution in [-0.4, -0.2) is 43.5 Å². The lowest BCUT2D eigenvalue weighted by atomic mass is 9.97. The van der Waals surface area contributed by atoms with Crippen LogP contribution in [0, 0.1) is 17.2 Å². The molecule has 0 aromatic heterocycles. The highest BCUT2D eigenvalue weighted by Gasteiger charge is 2.26. The third-order valence-electron chi connectivity index (χ3n) is 4.06. The van der Waals surface area contributed by atoms with Crippen molar-refractivity contribution >= 4 is 29.2 Å². The Bertz CT molecular complexity index is 657. The van der Waals surface area contributed by atoms with Crippen molar-refractivity contribution in [2.45, 2.75) is 19.3 Å². The maximum absolute atomic E-state index is 12.5. The SMILES string of the molecule is COC(=O)c1ccc(Cl)c(NC(=O)C2CCCN(CCC#N)C2)c1. The molecule has 1 unspecified atom stereocenters. The molecule has 1 aliphatic heterocycles. The largest absolute Gasteiger partial charge is 0.465 e. The number of carbonyl (C=O) groups excluding carboxylic acids is 2. The number of piperidine rings is 1. The normalized spacial score (nSPS) is 17.8. The summed E-state index contributed by atoms with van der Waals surface area (Å²) in [5, 5.41) is 11.9. The quantitative estimate of drug-likeness (QED) is 0.826. The van der Waals surface area contributed by atoms with Crippen LogP contribution in [0.25, 0.3) is 0 Å². The van der Waals surface area contributed by atoms with E-state index in [0.717, 1.165) is 19.4 Å². The van der Waals surface area contributed by atoms with Gasteiger partial charge in [0.2, 0.25) is 5.91 Å². The first kappa shape index (κ1) is 18.2. The number of hydrogen-bond donors (Lipinski definition) is 1. The number of benzene rings is 1. The minimum atomic E-state index is -0.484. The maximum atomic E-state index is 12.5. The summed E-state index contributed by atoms with van der Waals surface area (Å²) >= 11 is 6.11. The number of nitrogens with one attached hydrogen (secondary N) is 1. The molecular weight excluding hydrogens is 330 g/mol. The van der Waals surface area contributed by atoms with Crippen molar-refractivity contribution in [2.24, 2.45) is 5.92 Å². The van der Waals surface area contributed by atoms with E-state index >= 15 is 0 Å². The molecule has 1 fully saturated rings. The van der Waals surface area contributed by atoms with Crippen LogP contribution in [0.4, 0.5) is 5.69 Å². The van der Waals surface area contributed by atoms with Crippen LogP contribution in [0.2, 0.25) is 5.02 Å². The fourth-order valence-electron chi connectivity index (χ4n) is 2.78. The van der Waals surface area contributed by atoms with Gasteiger partial charge in [-0.25, -0.2) is 4.79 Å². The van der Waals surface area contributed by atoms with E-state index in [9.17, 15) is 9.59 Å². The first-order chi connectivity index (χ1) is 11.5. The molecule has 1 aromatic rings. The zero-order valence-corrected chi connectivity index (χ0v) is 14.3. The number of nitriles is 1. The summed E-state index contributed by atoms with van der Waals surface area (Å²) in [7, 11) is 1.30. The molecule has 1 heterocycles. The molecule has 0 radical (unpaired) electrons. The van der Waals surface area contributed by atoms with Crippen molar-refractivity contribution in [1.29, 1.82) is 5.26 Å². The van der Waals surface area contributed by atoms with E-state index in [4.69, 9.17) is 16.9 Å². The van der Waals surface area contributed by atoms with Gasteiger partial charge in [0.1, 0.15) is 0 Å². The zero-order valence-electron chi connectivity index (χ0n) is 13.5. The Morgan fingerprint density at radius 2 is 2.29 bits per heavy atom. The lowest BCUT2D eigenvalue weighted by molar-refractivity contribution is -0.121. The van der Waals surface area contributed by atoms with Crippen LogP contribution in [0.15, 0.2) is 18.2 Å². The molecule has 1 N–H and O–H groups in total. The lowest BCUT2D eigenvalue weighted by Crippen LogP contribution is -2.41. The Morgan fingerprint density at radius 1 is 1.50 bits per heavy atom. The molecule has 0 spiro atoms. The first-order valence-electron chi connectivity index (χ1n) is 7.83. The fraction of sp³-hybridized carbons (Fsp3) is 0.471. The van der Waals surface area contributed by atoms with Crippen LogP contribution >= 0.6 is 11.6 Å². The molecule has 1 amide bonds. The van der Waals surface area contributed by atoms with Crippen LogP contribution in [-0.2, 0) is 9.53 Å². The molecule has 0 aliphatic carbocycles. The Labute approximate surface area is 146 Å². The molecule has 1 saturated heterocycles. The number of anilines is 1. The van der Waals surface area contributed by atoms with Crippen LogP contribution in [0.5, 0.6) is 0 Å². The topological polar surface area (TPSA) is 82.4 Å². The predicted molar refractivity (Wildman–Crippen MR) is 90.8 cm³/mol. The molecule has 24 heavy (non-hydrogen) atoms. The van der Waals surface area contributed by atoms with Crippen molar-refractivity contribution < 1.29 is 14.3 Å². The van der Waals surface area contributed by atoms with Crippen molar-refractivity contribution in [2.75, 3.05) is 32.1 Å². The van der Waals surface area contributed by atoms with E-state index in [0.29, 0.717) is 35.8 Å². The number of nitrogens with zero attached hydrogens (tertiary/aromatic N) is 2. The van der Waals surface area contributed by atoms with Gasteiger partial charge in [-0.3, -0.25) is 4.79 Å². The van der Waals surface area contributed by atoms with E-state index in [1.54, 1.807) is 12.1 Å². The fourth-order valence-corrected chi connectivity index (χ4v) is 2.95. The minimum absolute atomic E-state index is 0.124. The average Bonchev–Trinajstić information content (AvgIpc) is 2.61. The summed E-state index contributed by atoms with van der Waals surface area (Å²) in [6.07, 6.45) is 2.17. The summed E-state index contributed by atoms with van der Waals surface area (Å²) in [5.41, 5.74) is 0.732. The van der Waals surface area contributed by atoms with Gasteiger partial charge >= 0.3 is 5.97 Å². The van der Waals surface area contributed by atoms with E-state index in [1.165, 1.54) is 13.2 Å². The van der Waals surface area contributed by atoms with Crippen molar-refractivity contribution in [3.05, 3.63) is 28.8 Å². The Kier molecular flexibility index (Phi) is 6.59. The highest BCUT2D eigenvalue weighted by molar-refractivity contribution is 6.33. The monoisotopic (exact) mass is 349 g/mol. The second-order valence-electron chi connectivity index (χ2n) is 5.72. The summed E-state index contributed by atoms with van der Waals surface area (Å²) in [4.78, 5) is 26.2. The van der Waals surface area contributed by atoms with Crippen LogP contribution < -0.4 is 5.32 Å². The second-order valence-corrected chi connectivity index (χ2v) is 6.13.